The second kappa shape index (κ2) is 29.2. The first kappa shape index (κ1) is 67.9. The Hall–Kier alpha value is -4.50. The summed E-state index contributed by atoms with van der Waals surface area (Å²) in [5.74, 6) is 7.25. The molecule has 11 fully saturated rings. The molecule has 0 spiro atoms. The molecule has 0 bridgehead atoms. The molecule has 3 aromatic rings. The molecule has 9 saturated carbocycles. The molecule has 5 heterocycles. The van der Waals surface area contributed by atoms with Crippen molar-refractivity contribution < 1.29 is 48.2 Å². The second-order valence-corrected chi connectivity index (χ2v) is 31.5. The summed E-state index contributed by atoms with van der Waals surface area (Å²) in [6, 6.07) is 11.5. The van der Waals surface area contributed by atoms with E-state index in [-0.39, 0.29) is 46.3 Å². The third-order valence-corrected chi connectivity index (χ3v) is 26.4. The number of fused-ring (bicyclic) bond motifs is 7. The van der Waals surface area contributed by atoms with E-state index in [0.29, 0.717) is 72.1 Å². The first-order valence-corrected chi connectivity index (χ1v) is 35.8. The Labute approximate surface area is 546 Å². The molecule has 2 N–H and O–H groups in total. The maximum absolute atomic E-state index is 10.5. The zero-order chi connectivity index (χ0) is 64.0. The van der Waals surface area contributed by atoms with Crippen LogP contribution in [0.2, 0.25) is 0 Å². The number of rotatable bonds is 16. The fourth-order valence-electron chi connectivity index (χ4n) is 20.2. The van der Waals surface area contributed by atoms with Crippen LogP contribution in [0.3, 0.4) is 0 Å². The zero-order valence-corrected chi connectivity index (χ0v) is 56.4. The standard InChI is InChI=1S/2C26H37NO3.C21H31NO3.C5H8O/c2*1-18-7-8-22-25(2,21(18)12-16-28-20-10-14-27-15-11-20)13-9-23-26(22,3)17-29-24(30-23)19-5-4-6-19;1-15-4-5-18-20(2,10-6-19(24)21(18,3)14-23)17(15)9-13-25-16-7-11-22-12-8-16;6-4-5-2-1-3-5/h2*10-11,14-15,19,21-24H,1,4-9,12-13,16-17H2,2-3H3;7-8,11-12,17-19,23-24H,1,4-6,9-10,13-14H2,2-3H3;4-5H,1-3H2/t2*21-,22?,23-,24-,25+,26+;17-,18?,19-,20+,21+;/m111./s1. The van der Waals surface area contributed by atoms with E-state index in [4.69, 9.17) is 33.2 Å². The van der Waals surface area contributed by atoms with Crippen LogP contribution in [0.5, 0.6) is 17.2 Å². The van der Waals surface area contributed by atoms with E-state index in [1.807, 2.05) is 36.4 Å². The lowest BCUT2D eigenvalue weighted by atomic mass is 9.46. The summed E-state index contributed by atoms with van der Waals surface area (Å²) in [6.45, 7) is 31.5. The lowest BCUT2D eigenvalue weighted by Gasteiger charge is -2.63. The number of aliphatic hydroxyl groups excluding tert-OH is 2. The van der Waals surface area contributed by atoms with Gasteiger partial charge in [0.25, 0.3) is 0 Å². The number of hydrogen-bond donors (Lipinski definition) is 2. The van der Waals surface area contributed by atoms with Crippen LogP contribution in [0.25, 0.3) is 0 Å². The average molecular weight is 1250 g/mol. The van der Waals surface area contributed by atoms with Crippen molar-refractivity contribution in [2.45, 2.75) is 227 Å². The third kappa shape index (κ3) is 14.1. The SMILES string of the molecule is C=C1CCC2[C@](C)(CO)[C@H](O)CC[C@@]2(C)[C@@H]1CCOc1ccncc1.C=C1CCC2[C@]3(C)CO[C@@H](C4CCC4)O[C@@H]3CC[C@@]2(C)[C@@H]1CCOc1ccncc1.C=C1CCC2[C@]3(C)CO[C@@H](C4CCC4)O[C@@H]3CC[C@@]2(C)[C@@H]1CCOc1ccncc1.O=CC1CCC1. The minimum atomic E-state index is -0.421. The van der Waals surface area contributed by atoms with Crippen molar-refractivity contribution in [3.05, 3.63) is 110 Å². The number of aromatic nitrogens is 3. The number of carbonyl (C=O) groups excluding carboxylic acids is 1. The number of pyridine rings is 3. The highest BCUT2D eigenvalue weighted by molar-refractivity contribution is 5.54. The monoisotopic (exact) mass is 1250 g/mol. The number of aldehydes is 1. The maximum Gasteiger partial charge on any atom is 0.160 e. The summed E-state index contributed by atoms with van der Waals surface area (Å²) >= 11 is 0. The van der Waals surface area contributed by atoms with Crippen LogP contribution < -0.4 is 14.2 Å². The predicted molar refractivity (Wildman–Crippen MR) is 356 cm³/mol. The summed E-state index contributed by atoms with van der Waals surface area (Å²) in [5.41, 5.74) is 4.49. The van der Waals surface area contributed by atoms with Gasteiger partial charge in [-0.15, -0.1) is 0 Å². The smallest absolute Gasteiger partial charge is 0.160 e. The van der Waals surface area contributed by atoms with Crippen molar-refractivity contribution in [1.29, 1.82) is 0 Å². The second-order valence-electron chi connectivity index (χ2n) is 31.5. The van der Waals surface area contributed by atoms with Gasteiger partial charge in [-0.3, -0.25) is 15.0 Å². The van der Waals surface area contributed by atoms with E-state index in [1.165, 1.54) is 87.3 Å². The van der Waals surface area contributed by atoms with Gasteiger partial charge >= 0.3 is 0 Å². The van der Waals surface area contributed by atoms with Gasteiger partial charge in [-0.05, 0) is 223 Å². The van der Waals surface area contributed by atoms with Crippen LogP contribution in [0.4, 0.5) is 0 Å². The molecule has 0 amide bonds. The molecule has 13 nitrogen and oxygen atoms in total. The van der Waals surface area contributed by atoms with Gasteiger partial charge in [-0.2, -0.15) is 0 Å². The van der Waals surface area contributed by atoms with Gasteiger partial charge < -0.3 is 48.2 Å². The number of carbonyl (C=O) groups is 1. The molecular weight excluding hydrogens is 1140 g/mol. The maximum atomic E-state index is 10.5. The summed E-state index contributed by atoms with van der Waals surface area (Å²) in [5, 5.41) is 20.6. The predicted octanol–water partition coefficient (Wildman–Crippen LogP) is 16.1. The highest BCUT2D eigenvalue weighted by atomic mass is 16.7. The molecule has 2 saturated heterocycles. The Morgan fingerprint density at radius 3 is 1.16 bits per heavy atom. The van der Waals surface area contributed by atoms with Crippen LogP contribution in [0, 0.1) is 85.8 Å². The van der Waals surface area contributed by atoms with Gasteiger partial charge in [0.2, 0.25) is 0 Å². The number of ether oxygens (including phenoxy) is 7. The van der Waals surface area contributed by atoms with Crippen molar-refractivity contribution in [2.24, 2.45) is 85.8 Å². The Bertz CT molecular complexity index is 2740. The van der Waals surface area contributed by atoms with Crippen LogP contribution in [-0.4, -0.2) is 102 Å². The van der Waals surface area contributed by atoms with E-state index < -0.39 is 11.5 Å². The highest BCUT2D eigenvalue weighted by Crippen LogP contribution is 2.66. The van der Waals surface area contributed by atoms with Gasteiger partial charge in [-0.1, -0.05) is 97.3 Å². The molecular formula is C78H113N3O10. The molecule has 0 aromatic carbocycles. The van der Waals surface area contributed by atoms with E-state index in [2.05, 4.69) is 76.2 Å². The van der Waals surface area contributed by atoms with Gasteiger partial charge in [0.15, 0.2) is 12.6 Å². The molecule has 2 aliphatic heterocycles. The van der Waals surface area contributed by atoms with Gasteiger partial charge in [0.05, 0.1) is 58.0 Å². The van der Waals surface area contributed by atoms with E-state index in [9.17, 15) is 15.0 Å². The molecule has 91 heavy (non-hydrogen) atoms. The van der Waals surface area contributed by atoms with Gasteiger partial charge in [-0.25, -0.2) is 0 Å². The lowest BCUT2D eigenvalue weighted by Crippen LogP contribution is -2.62. The molecule has 3 aromatic heterocycles. The first-order valence-electron chi connectivity index (χ1n) is 35.8. The normalized spacial score (nSPS) is 39.3. The topological polar surface area (TPSA) is 161 Å². The quantitative estimate of drug-likeness (QED) is 0.103. The van der Waals surface area contributed by atoms with Crippen LogP contribution >= 0.6 is 0 Å². The summed E-state index contributed by atoms with van der Waals surface area (Å²) < 4.78 is 44.0. The zero-order valence-electron chi connectivity index (χ0n) is 56.4. The molecule has 9 aliphatic carbocycles. The molecule has 500 valence electrons. The van der Waals surface area contributed by atoms with Crippen molar-refractivity contribution >= 4 is 6.29 Å². The first-order chi connectivity index (χ1) is 43.9. The van der Waals surface area contributed by atoms with E-state index in [1.54, 1.807) is 37.2 Å². The van der Waals surface area contributed by atoms with E-state index in [0.717, 1.165) is 133 Å². The molecule has 13 heteroatoms. The van der Waals surface area contributed by atoms with E-state index >= 15 is 0 Å². The van der Waals surface area contributed by atoms with Crippen molar-refractivity contribution in [3.8, 4) is 17.2 Å². The molecule has 17 atom stereocenters. The lowest BCUT2D eigenvalue weighted by molar-refractivity contribution is -0.322. The number of allylic oxidation sites excluding steroid dienone is 3. The Kier molecular flexibility index (Phi) is 21.8. The summed E-state index contributed by atoms with van der Waals surface area (Å²) in [7, 11) is 0. The van der Waals surface area contributed by atoms with Crippen LogP contribution in [0.15, 0.2) is 110 Å². The number of aliphatic hydroxyl groups is 2. The summed E-state index contributed by atoms with van der Waals surface area (Å²) in [6.07, 6.45) is 39.4. The highest BCUT2D eigenvalue weighted by Gasteiger charge is 2.63. The van der Waals surface area contributed by atoms with Crippen molar-refractivity contribution in [1.82, 2.24) is 15.0 Å². The van der Waals surface area contributed by atoms with Crippen molar-refractivity contribution in [3.63, 3.8) is 0 Å². The minimum absolute atomic E-state index is 0.0428. The van der Waals surface area contributed by atoms with Crippen LogP contribution in [-0.2, 0) is 23.7 Å². The minimum Gasteiger partial charge on any atom is -0.493 e. The fraction of sp³-hybridized carbons (Fsp3) is 0.718. The van der Waals surface area contributed by atoms with Crippen LogP contribution in [0.1, 0.15) is 196 Å². The molecule has 0 radical (unpaired) electrons. The molecule has 11 aliphatic rings. The number of hydrogen-bond acceptors (Lipinski definition) is 13. The Morgan fingerprint density at radius 2 is 0.846 bits per heavy atom. The Morgan fingerprint density at radius 1 is 0.495 bits per heavy atom. The molecule has 3 unspecified atom stereocenters. The van der Waals surface area contributed by atoms with Gasteiger partial charge in [0, 0.05) is 71.2 Å². The largest absolute Gasteiger partial charge is 0.493 e. The molecule has 14 rings (SSSR count). The Balaban J connectivity index is 0.000000134. The third-order valence-electron chi connectivity index (χ3n) is 26.4. The number of nitrogens with zero attached hydrogens (tertiary/aromatic N) is 3. The fourth-order valence-corrected chi connectivity index (χ4v) is 20.2. The van der Waals surface area contributed by atoms with Crippen molar-refractivity contribution in [2.75, 3.05) is 39.6 Å². The van der Waals surface area contributed by atoms with Gasteiger partial charge in [0.1, 0.15) is 23.5 Å². The summed E-state index contributed by atoms with van der Waals surface area (Å²) in [4.78, 5) is 21.9. The average Bonchev–Trinajstić information content (AvgIpc) is 0.739.